The Kier molecular flexibility index (Phi) is 6.51. The maximum atomic E-state index is 13.8. The van der Waals surface area contributed by atoms with Crippen LogP contribution in [-0.2, 0) is 0 Å². The van der Waals surface area contributed by atoms with E-state index in [4.69, 9.17) is 5.11 Å². The smallest absolute Gasteiger partial charge is 0.315 e. The second kappa shape index (κ2) is 7.90. The van der Waals surface area contributed by atoms with Crippen molar-refractivity contribution in [2.75, 3.05) is 27.2 Å². The summed E-state index contributed by atoms with van der Waals surface area (Å²) in [6, 6.07) is 2.13. The summed E-state index contributed by atoms with van der Waals surface area (Å²) in [6.07, 6.45) is 0. The third-order valence-electron chi connectivity index (χ3n) is 3.06. The predicted molar refractivity (Wildman–Crippen MR) is 75.9 cm³/mol. The van der Waals surface area contributed by atoms with Crippen molar-refractivity contribution in [3.63, 3.8) is 0 Å². The van der Waals surface area contributed by atoms with Gasteiger partial charge in [0.15, 0.2) is 0 Å². The lowest BCUT2D eigenvalue weighted by Gasteiger charge is -2.26. The van der Waals surface area contributed by atoms with Crippen LogP contribution in [0.5, 0.6) is 0 Å². The van der Waals surface area contributed by atoms with Crippen LogP contribution >= 0.6 is 0 Å². The lowest BCUT2D eigenvalue weighted by molar-refractivity contribution is 0.214. The van der Waals surface area contributed by atoms with Crippen LogP contribution in [-0.4, -0.2) is 49.3 Å². The van der Waals surface area contributed by atoms with Crippen molar-refractivity contribution >= 4 is 6.03 Å². The molecule has 0 saturated carbocycles. The number of amides is 2. The lowest BCUT2D eigenvalue weighted by atomic mass is 10.0. The summed E-state index contributed by atoms with van der Waals surface area (Å²) in [5, 5.41) is 13.9. The minimum absolute atomic E-state index is 0.0365. The lowest BCUT2D eigenvalue weighted by Crippen LogP contribution is -2.45. The average Bonchev–Trinajstić information content (AvgIpc) is 2.41. The molecule has 21 heavy (non-hydrogen) atoms. The quantitative estimate of drug-likeness (QED) is 0.741. The van der Waals surface area contributed by atoms with Gasteiger partial charge in [-0.3, -0.25) is 0 Å². The van der Waals surface area contributed by atoms with Crippen molar-refractivity contribution in [3.05, 3.63) is 35.4 Å². The number of nitrogens with one attached hydrogen (secondary N) is 2. The molecular formula is C14H21F2N3O2. The van der Waals surface area contributed by atoms with E-state index < -0.39 is 29.7 Å². The van der Waals surface area contributed by atoms with Crippen LogP contribution in [0.25, 0.3) is 0 Å². The van der Waals surface area contributed by atoms with Gasteiger partial charge in [-0.2, -0.15) is 0 Å². The number of nitrogens with zero attached hydrogens (tertiary/aromatic N) is 1. The third-order valence-corrected chi connectivity index (χ3v) is 3.06. The van der Waals surface area contributed by atoms with Gasteiger partial charge in [0.2, 0.25) is 0 Å². The first kappa shape index (κ1) is 17.3. The molecule has 0 spiro atoms. The molecule has 0 aromatic heterocycles. The number of rotatable bonds is 6. The molecule has 0 radical (unpaired) electrons. The zero-order valence-electron chi connectivity index (χ0n) is 12.4. The molecular weight excluding hydrogens is 280 g/mol. The number of carbonyl (C=O) groups excluding carboxylic acids is 1. The van der Waals surface area contributed by atoms with Crippen molar-refractivity contribution in [3.8, 4) is 0 Å². The Morgan fingerprint density at radius 2 is 1.90 bits per heavy atom. The number of hydrogen-bond donors (Lipinski definition) is 3. The number of urea groups is 1. The van der Waals surface area contributed by atoms with Crippen molar-refractivity contribution in [2.24, 2.45) is 0 Å². The Morgan fingerprint density at radius 1 is 1.33 bits per heavy atom. The Bertz CT molecular complexity index is 463. The Balaban J connectivity index is 2.78. The van der Waals surface area contributed by atoms with E-state index in [1.165, 1.54) is 18.2 Å². The van der Waals surface area contributed by atoms with Crippen LogP contribution < -0.4 is 10.6 Å². The van der Waals surface area contributed by atoms with E-state index in [1.54, 1.807) is 25.9 Å². The second-order valence-electron chi connectivity index (χ2n) is 5.05. The summed E-state index contributed by atoms with van der Waals surface area (Å²) in [7, 11) is 3.35. The molecule has 0 saturated heterocycles. The molecule has 2 unspecified atom stereocenters. The Labute approximate surface area is 122 Å². The number of carbonyl (C=O) groups is 1. The molecule has 1 aromatic rings. The maximum absolute atomic E-state index is 13.8. The largest absolute Gasteiger partial charge is 0.394 e. The number of halogens is 2. The minimum Gasteiger partial charge on any atom is -0.394 e. The standard InChI is InChI=1S/C14H21F2N3O2/c1-9(8-20)18-14(21)17-7-12(19(2)3)13-10(15)5-4-6-11(13)16/h4-6,9,12,20H,7-8H2,1-3H3,(H2,17,18,21). The van der Waals surface area contributed by atoms with Gasteiger partial charge in [0, 0.05) is 12.1 Å². The molecule has 5 nitrogen and oxygen atoms in total. The van der Waals surface area contributed by atoms with Gasteiger partial charge in [0.1, 0.15) is 11.6 Å². The van der Waals surface area contributed by atoms with E-state index in [1.807, 2.05) is 0 Å². The van der Waals surface area contributed by atoms with Gasteiger partial charge in [-0.1, -0.05) is 6.07 Å². The monoisotopic (exact) mass is 301 g/mol. The van der Waals surface area contributed by atoms with Gasteiger partial charge in [0.25, 0.3) is 0 Å². The summed E-state index contributed by atoms with van der Waals surface area (Å²) in [6.45, 7) is 1.49. The SMILES string of the molecule is CC(CO)NC(=O)NCC(c1c(F)cccc1F)N(C)C. The van der Waals surface area contributed by atoms with E-state index in [-0.39, 0.29) is 18.7 Å². The summed E-state index contributed by atoms with van der Waals surface area (Å²) < 4.78 is 27.6. The summed E-state index contributed by atoms with van der Waals surface area (Å²) >= 11 is 0. The van der Waals surface area contributed by atoms with Gasteiger partial charge < -0.3 is 20.6 Å². The van der Waals surface area contributed by atoms with Crippen molar-refractivity contribution in [2.45, 2.75) is 19.0 Å². The number of likely N-dealkylation sites (N-methyl/N-ethyl adjacent to an activating group) is 1. The van der Waals surface area contributed by atoms with Gasteiger partial charge in [-0.25, -0.2) is 13.6 Å². The van der Waals surface area contributed by atoms with Crippen molar-refractivity contribution in [1.29, 1.82) is 0 Å². The fourth-order valence-electron chi connectivity index (χ4n) is 1.88. The van der Waals surface area contributed by atoms with Crippen LogP contribution in [0.15, 0.2) is 18.2 Å². The van der Waals surface area contributed by atoms with E-state index in [0.717, 1.165) is 0 Å². The van der Waals surface area contributed by atoms with Crippen LogP contribution in [0, 0.1) is 11.6 Å². The van der Waals surface area contributed by atoms with Crippen LogP contribution in [0.1, 0.15) is 18.5 Å². The van der Waals surface area contributed by atoms with E-state index in [0.29, 0.717) is 0 Å². The first-order chi connectivity index (χ1) is 9.86. The topological polar surface area (TPSA) is 64.6 Å². The molecule has 2 amide bonds. The van der Waals surface area contributed by atoms with Crippen molar-refractivity contribution < 1.29 is 18.7 Å². The molecule has 2 atom stereocenters. The van der Waals surface area contributed by atoms with Crippen molar-refractivity contribution in [1.82, 2.24) is 15.5 Å². The molecule has 0 bridgehead atoms. The predicted octanol–water partition coefficient (Wildman–Crippen LogP) is 1.25. The molecule has 0 aliphatic carbocycles. The normalized spacial score (nSPS) is 13.9. The molecule has 0 aliphatic heterocycles. The summed E-state index contributed by atoms with van der Waals surface area (Å²) in [5.41, 5.74) is -0.0852. The number of aliphatic hydroxyl groups excluding tert-OH is 1. The molecule has 0 fully saturated rings. The fraction of sp³-hybridized carbons (Fsp3) is 0.500. The fourth-order valence-corrected chi connectivity index (χ4v) is 1.88. The highest BCUT2D eigenvalue weighted by Gasteiger charge is 2.22. The highest BCUT2D eigenvalue weighted by Crippen LogP contribution is 2.23. The molecule has 0 aliphatic rings. The van der Waals surface area contributed by atoms with Gasteiger partial charge >= 0.3 is 6.03 Å². The number of hydrogen-bond acceptors (Lipinski definition) is 3. The van der Waals surface area contributed by atoms with E-state index in [2.05, 4.69) is 10.6 Å². The molecule has 1 rings (SSSR count). The van der Waals surface area contributed by atoms with Gasteiger partial charge in [-0.15, -0.1) is 0 Å². The molecule has 118 valence electrons. The summed E-state index contributed by atoms with van der Waals surface area (Å²) in [5.74, 6) is -1.31. The molecule has 0 heterocycles. The molecule has 1 aromatic carbocycles. The second-order valence-corrected chi connectivity index (χ2v) is 5.05. The average molecular weight is 301 g/mol. The Hall–Kier alpha value is -1.73. The van der Waals surface area contributed by atoms with Gasteiger partial charge in [0.05, 0.1) is 18.7 Å². The molecule has 7 heteroatoms. The van der Waals surface area contributed by atoms with E-state index in [9.17, 15) is 13.6 Å². The third kappa shape index (κ3) is 4.95. The van der Waals surface area contributed by atoms with Crippen LogP contribution in [0.4, 0.5) is 13.6 Å². The maximum Gasteiger partial charge on any atom is 0.315 e. The van der Waals surface area contributed by atoms with Crippen LogP contribution in [0.2, 0.25) is 0 Å². The first-order valence-corrected chi connectivity index (χ1v) is 6.62. The van der Waals surface area contributed by atoms with Gasteiger partial charge in [-0.05, 0) is 33.2 Å². The zero-order valence-corrected chi connectivity index (χ0v) is 12.4. The highest BCUT2D eigenvalue weighted by atomic mass is 19.1. The Morgan fingerprint density at radius 3 is 2.38 bits per heavy atom. The number of benzene rings is 1. The minimum atomic E-state index is -0.653. The number of aliphatic hydroxyl groups is 1. The highest BCUT2D eigenvalue weighted by molar-refractivity contribution is 5.74. The first-order valence-electron chi connectivity index (χ1n) is 6.62. The van der Waals surface area contributed by atoms with Crippen LogP contribution in [0.3, 0.4) is 0 Å². The zero-order chi connectivity index (χ0) is 16.0. The molecule has 3 N–H and O–H groups in total. The summed E-state index contributed by atoms with van der Waals surface area (Å²) in [4.78, 5) is 13.2. The van der Waals surface area contributed by atoms with E-state index >= 15 is 0 Å².